The molecular formula is C16H19BrN4O. The van der Waals surface area contributed by atoms with Crippen LogP contribution in [0.2, 0.25) is 0 Å². The van der Waals surface area contributed by atoms with Gasteiger partial charge in [-0.3, -0.25) is 4.79 Å². The summed E-state index contributed by atoms with van der Waals surface area (Å²) < 4.78 is 2.78. The third-order valence-corrected chi connectivity index (χ3v) is 4.47. The highest BCUT2D eigenvalue weighted by Crippen LogP contribution is 2.18. The Kier molecular flexibility index (Phi) is 4.59. The molecular weight excluding hydrogens is 344 g/mol. The number of nitrogens with one attached hydrogen (secondary N) is 2. The zero-order chi connectivity index (χ0) is 15.5. The van der Waals surface area contributed by atoms with Crippen LogP contribution in [0.4, 0.5) is 0 Å². The Morgan fingerprint density at radius 3 is 2.91 bits per heavy atom. The van der Waals surface area contributed by atoms with E-state index in [0.29, 0.717) is 5.56 Å². The Hall–Kier alpha value is -1.66. The Morgan fingerprint density at radius 2 is 2.18 bits per heavy atom. The van der Waals surface area contributed by atoms with Gasteiger partial charge in [-0.05, 0) is 51.1 Å². The fraction of sp³-hybridized carbons (Fsp3) is 0.375. The van der Waals surface area contributed by atoms with Gasteiger partial charge in [0, 0.05) is 10.5 Å². The van der Waals surface area contributed by atoms with Gasteiger partial charge in [0.15, 0.2) is 0 Å². The van der Waals surface area contributed by atoms with Crippen LogP contribution in [-0.2, 0) is 0 Å². The third-order valence-electron chi connectivity index (χ3n) is 3.98. The summed E-state index contributed by atoms with van der Waals surface area (Å²) in [5, 5.41) is 10.8. The average Bonchev–Trinajstić information content (AvgIpc) is 2.90. The number of carbonyl (C=O) groups is 1. The lowest BCUT2D eigenvalue weighted by atomic mass is 10.1. The van der Waals surface area contributed by atoms with Gasteiger partial charge in [-0.15, -0.1) is 0 Å². The molecule has 5 nitrogen and oxygen atoms in total. The SMILES string of the molecule is Cc1c(C(=O)NC2CCNCC2)cnn1-c1cccc(Br)c1. The van der Waals surface area contributed by atoms with Crippen molar-refractivity contribution in [1.82, 2.24) is 20.4 Å². The molecule has 1 aromatic heterocycles. The first-order valence-corrected chi connectivity index (χ1v) is 8.26. The predicted molar refractivity (Wildman–Crippen MR) is 89.4 cm³/mol. The first-order chi connectivity index (χ1) is 10.6. The summed E-state index contributed by atoms with van der Waals surface area (Å²) in [5.41, 5.74) is 2.43. The van der Waals surface area contributed by atoms with E-state index in [1.165, 1.54) is 0 Å². The number of amides is 1. The molecule has 0 atom stereocenters. The quantitative estimate of drug-likeness (QED) is 0.881. The number of hydrogen-bond acceptors (Lipinski definition) is 3. The largest absolute Gasteiger partial charge is 0.349 e. The zero-order valence-electron chi connectivity index (χ0n) is 12.5. The van der Waals surface area contributed by atoms with Crippen molar-refractivity contribution in [3.05, 3.63) is 46.2 Å². The molecule has 1 amide bonds. The molecule has 2 N–H and O–H groups in total. The number of piperidine rings is 1. The minimum Gasteiger partial charge on any atom is -0.349 e. The summed E-state index contributed by atoms with van der Waals surface area (Å²) in [4.78, 5) is 12.5. The fourth-order valence-corrected chi connectivity index (χ4v) is 3.12. The molecule has 0 spiro atoms. The van der Waals surface area contributed by atoms with Crippen LogP contribution in [0, 0.1) is 6.92 Å². The van der Waals surface area contributed by atoms with Gasteiger partial charge in [0.05, 0.1) is 23.1 Å². The van der Waals surface area contributed by atoms with Crippen molar-refractivity contribution >= 4 is 21.8 Å². The van der Waals surface area contributed by atoms with Crippen LogP contribution >= 0.6 is 15.9 Å². The lowest BCUT2D eigenvalue weighted by Crippen LogP contribution is -2.42. The van der Waals surface area contributed by atoms with Crippen molar-refractivity contribution in [1.29, 1.82) is 0 Å². The average molecular weight is 363 g/mol. The van der Waals surface area contributed by atoms with E-state index in [9.17, 15) is 4.79 Å². The first kappa shape index (κ1) is 15.2. The van der Waals surface area contributed by atoms with E-state index in [-0.39, 0.29) is 11.9 Å². The van der Waals surface area contributed by atoms with Crippen molar-refractivity contribution in [3.63, 3.8) is 0 Å². The Morgan fingerprint density at radius 1 is 1.41 bits per heavy atom. The standard InChI is InChI=1S/C16H19BrN4O/c1-11-15(16(22)20-13-5-7-18-8-6-13)10-19-21(11)14-4-2-3-12(17)9-14/h2-4,9-10,13,18H,5-8H2,1H3,(H,20,22). The lowest BCUT2D eigenvalue weighted by molar-refractivity contribution is 0.0929. The van der Waals surface area contributed by atoms with Crippen LogP contribution in [0.25, 0.3) is 5.69 Å². The molecule has 1 aliphatic rings. The van der Waals surface area contributed by atoms with Crippen LogP contribution in [0.15, 0.2) is 34.9 Å². The van der Waals surface area contributed by atoms with E-state index >= 15 is 0 Å². The van der Waals surface area contributed by atoms with Gasteiger partial charge in [0.2, 0.25) is 0 Å². The van der Waals surface area contributed by atoms with Crippen molar-refractivity contribution in [3.8, 4) is 5.69 Å². The molecule has 1 aliphatic heterocycles. The molecule has 0 aliphatic carbocycles. The number of hydrogen-bond donors (Lipinski definition) is 2. The van der Waals surface area contributed by atoms with E-state index in [4.69, 9.17) is 0 Å². The maximum absolute atomic E-state index is 12.5. The molecule has 0 radical (unpaired) electrons. The second kappa shape index (κ2) is 6.62. The molecule has 2 aromatic rings. The van der Waals surface area contributed by atoms with Gasteiger partial charge < -0.3 is 10.6 Å². The molecule has 0 saturated carbocycles. The van der Waals surface area contributed by atoms with Crippen molar-refractivity contribution < 1.29 is 4.79 Å². The highest BCUT2D eigenvalue weighted by Gasteiger charge is 2.20. The summed E-state index contributed by atoms with van der Waals surface area (Å²) in [6.07, 6.45) is 3.60. The van der Waals surface area contributed by atoms with Crippen LogP contribution < -0.4 is 10.6 Å². The molecule has 0 bridgehead atoms. The Balaban J connectivity index is 1.79. The van der Waals surface area contributed by atoms with Gasteiger partial charge in [-0.2, -0.15) is 5.10 Å². The van der Waals surface area contributed by atoms with Crippen LogP contribution in [-0.4, -0.2) is 34.8 Å². The summed E-state index contributed by atoms with van der Waals surface area (Å²) in [6, 6.07) is 8.12. The van der Waals surface area contributed by atoms with Crippen LogP contribution in [0.1, 0.15) is 28.9 Å². The first-order valence-electron chi connectivity index (χ1n) is 7.47. The Labute approximate surface area is 138 Å². The molecule has 6 heteroatoms. The maximum Gasteiger partial charge on any atom is 0.254 e. The van der Waals surface area contributed by atoms with Crippen molar-refractivity contribution in [2.75, 3.05) is 13.1 Å². The second-order valence-corrected chi connectivity index (χ2v) is 6.45. The minimum absolute atomic E-state index is 0.0364. The number of nitrogens with zero attached hydrogens (tertiary/aromatic N) is 2. The summed E-state index contributed by atoms with van der Waals surface area (Å²) in [6.45, 7) is 3.84. The van der Waals surface area contributed by atoms with Crippen LogP contribution in [0.5, 0.6) is 0 Å². The van der Waals surface area contributed by atoms with Gasteiger partial charge in [0.1, 0.15) is 0 Å². The van der Waals surface area contributed by atoms with Crippen molar-refractivity contribution in [2.45, 2.75) is 25.8 Å². The number of rotatable bonds is 3. The van der Waals surface area contributed by atoms with E-state index in [1.54, 1.807) is 10.9 Å². The normalized spacial score (nSPS) is 15.7. The summed E-state index contributed by atoms with van der Waals surface area (Å²) in [7, 11) is 0. The molecule has 22 heavy (non-hydrogen) atoms. The van der Waals surface area contributed by atoms with Crippen molar-refractivity contribution in [2.24, 2.45) is 0 Å². The predicted octanol–water partition coefficient (Wildman–Crippen LogP) is 2.43. The van der Waals surface area contributed by atoms with Gasteiger partial charge >= 0.3 is 0 Å². The van der Waals surface area contributed by atoms with E-state index in [1.807, 2.05) is 31.2 Å². The zero-order valence-corrected chi connectivity index (χ0v) is 14.1. The molecule has 0 unspecified atom stereocenters. The number of halogens is 1. The number of benzene rings is 1. The van der Waals surface area contributed by atoms with E-state index < -0.39 is 0 Å². The molecule has 2 heterocycles. The second-order valence-electron chi connectivity index (χ2n) is 5.53. The lowest BCUT2D eigenvalue weighted by Gasteiger charge is -2.23. The van der Waals surface area contributed by atoms with Gasteiger partial charge in [-0.25, -0.2) is 4.68 Å². The topological polar surface area (TPSA) is 59.0 Å². The molecule has 1 fully saturated rings. The monoisotopic (exact) mass is 362 g/mol. The molecule has 116 valence electrons. The van der Waals surface area contributed by atoms with E-state index in [0.717, 1.165) is 41.8 Å². The molecule has 1 saturated heterocycles. The van der Waals surface area contributed by atoms with Gasteiger partial charge in [0.25, 0.3) is 5.91 Å². The maximum atomic E-state index is 12.5. The number of carbonyl (C=O) groups excluding carboxylic acids is 1. The van der Waals surface area contributed by atoms with E-state index in [2.05, 4.69) is 31.7 Å². The summed E-state index contributed by atoms with van der Waals surface area (Å²) >= 11 is 3.46. The van der Waals surface area contributed by atoms with Crippen LogP contribution in [0.3, 0.4) is 0 Å². The highest BCUT2D eigenvalue weighted by molar-refractivity contribution is 9.10. The Bertz CT molecular complexity index is 677. The van der Waals surface area contributed by atoms with Gasteiger partial charge in [-0.1, -0.05) is 22.0 Å². The fourth-order valence-electron chi connectivity index (χ4n) is 2.73. The molecule has 1 aromatic carbocycles. The number of aromatic nitrogens is 2. The molecule has 3 rings (SSSR count). The third kappa shape index (κ3) is 3.23. The summed E-state index contributed by atoms with van der Waals surface area (Å²) in [5.74, 6) is -0.0364. The minimum atomic E-state index is -0.0364. The smallest absolute Gasteiger partial charge is 0.254 e. The highest BCUT2D eigenvalue weighted by atomic mass is 79.9.